The number of hydrogen-bond acceptors (Lipinski definition) is 3. The first-order chi connectivity index (χ1) is 10.7. The Kier molecular flexibility index (Phi) is 7.17. The minimum absolute atomic E-state index is 0.0941. The molecule has 2 aliphatic carbocycles. The van der Waals surface area contributed by atoms with Gasteiger partial charge in [-0.05, 0) is 70.3 Å². The fourth-order valence-corrected chi connectivity index (χ4v) is 3.68. The highest BCUT2D eigenvalue weighted by atomic mass is 16.5. The maximum absolute atomic E-state index is 11.4. The fourth-order valence-electron chi connectivity index (χ4n) is 3.68. The number of esters is 1. The number of ether oxygens (including phenoxy) is 1. The standard InChI is InChI=1S/C19H31NO2/c1-3-22-19(21)13-15(2)20-14-16-9-11-18(12-10-16)17-7-5-4-6-8-17/h4-7,15-18,20H,3,8-14H2,1-2H3. The van der Waals surface area contributed by atoms with Crippen LogP contribution in [0.25, 0.3) is 0 Å². The van der Waals surface area contributed by atoms with E-state index in [4.69, 9.17) is 4.74 Å². The van der Waals surface area contributed by atoms with Crippen molar-refractivity contribution >= 4 is 5.97 Å². The molecule has 0 spiro atoms. The summed E-state index contributed by atoms with van der Waals surface area (Å²) in [6, 6.07) is 0.211. The molecule has 2 atom stereocenters. The molecule has 2 rings (SSSR count). The monoisotopic (exact) mass is 305 g/mol. The molecule has 2 unspecified atom stereocenters. The maximum Gasteiger partial charge on any atom is 0.307 e. The van der Waals surface area contributed by atoms with Crippen molar-refractivity contribution < 1.29 is 9.53 Å². The summed E-state index contributed by atoms with van der Waals surface area (Å²) in [6.45, 7) is 5.43. The molecule has 3 heteroatoms. The molecule has 1 fully saturated rings. The average molecular weight is 305 g/mol. The fraction of sp³-hybridized carbons (Fsp3) is 0.737. The molecule has 0 radical (unpaired) electrons. The predicted octanol–water partition coefficient (Wildman–Crippen LogP) is 3.86. The summed E-state index contributed by atoms with van der Waals surface area (Å²) in [5.41, 5.74) is 0. The van der Waals surface area contributed by atoms with Crippen LogP contribution in [0.2, 0.25) is 0 Å². The van der Waals surface area contributed by atoms with E-state index < -0.39 is 0 Å². The van der Waals surface area contributed by atoms with Gasteiger partial charge in [0.05, 0.1) is 13.0 Å². The van der Waals surface area contributed by atoms with Gasteiger partial charge in [0.15, 0.2) is 0 Å². The van der Waals surface area contributed by atoms with E-state index in [9.17, 15) is 4.79 Å². The van der Waals surface area contributed by atoms with Gasteiger partial charge in [-0.25, -0.2) is 0 Å². The van der Waals surface area contributed by atoms with E-state index in [-0.39, 0.29) is 12.0 Å². The van der Waals surface area contributed by atoms with Gasteiger partial charge in [-0.3, -0.25) is 4.79 Å². The zero-order chi connectivity index (χ0) is 15.8. The number of rotatable bonds is 7. The first-order valence-corrected chi connectivity index (χ1v) is 8.91. The molecule has 0 amide bonds. The Bertz CT molecular complexity index is 394. The molecule has 124 valence electrons. The summed E-state index contributed by atoms with van der Waals surface area (Å²) in [5, 5.41) is 3.51. The second kappa shape index (κ2) is 9.14. The van der Waals surface area contributed by atoms with Crippen LogP contribution in [-0.4, -0.2) is 25.2 Å². The van der Waals surface area contributed by atoms with Crippen LogP contribution in [0, 0.1) is 17.8 Å². The van der Waals surface area contributed by atoms with Crippen molar-refractivity contribution in [2.45, 2.75) is 58.4 Å². The van der Waals surface area contributed by atoms with Crippen molar-refractivity contribution in [1.82, 2.24) is 5.32 Å². The van der Waals surface area contributed by atoms with Gasteiger partial charge in [0, 0.05) is 6.04 Å². The van der Waals surface area contributed by atoms with E-state index in [1.54, 1.807) is 0 Å². The number of carbonyl (C=O) groups is 1. The van der Waals surface area contributed by atoms with E-state index in [2.05, 4.69) is 36.5 Å². The van der Waals surface area contributed by atoms with E-state index in [0.29, 0.717) is 13.0 Å². The highest BCUT2D eigenvalue weighted by Gasteiger charge is 2.26. The Hall–Kier alpha value is -1.09. The van der Waals surface area contributed by atoms with Gasteiger partial charge in [-0.2, -0.15) is 0 Å². The van der Waals surface area contributed by atoms with Crippen LogP contribution in [-0.2, 0) is 9.53 Å². The Morgan fingerprint density at radius 2 is 2.05 bits per heavy atom. The van der Waals surface area contributed by atoms with Gasteiger partial charge in [-0.15, -0.1) is 0 Å². The summed E-state index contributed by atoms with van der Waals surface area (Å²) < 4.78 is 4.99. The van der Waals surface area contributed by atoms with E-state index >= 15 is 0 Å². The molecular weight excluding hydrogens is 274 g/mol. The van der Waals surface area contributed by atoms with E-state index in [0.717, 1.165) is 24.3 Å². The van der Waals surface area contributed by atoms with Crippen LogP contribution in [0.3, 0.4) is 0 Å². The SMILES string of the molecule is CCOC(=O)CC(C)NCC1CCC(C2C=CC=CC2)CC1. The van der Waals surface area contributed by atoms with Crippen LogP contribution < -0.4 is 5.32 Å². The minimum Gasteiger partial charge on any atom is -0.466 e. The van der Waals surface area contributed by atoms with Crippen LogP contribution in [0.1, 0.15) is 52.4 Å². The summed E-state index contributed by atoms with van der Waals surface area (Å²) in [7, 11) is 0. The summed E-state index contributed by atoms with van der Waals surface area (Å²) >= 11 is 0. The Balaban J connectivity index is 1.62. The van der Waals surface area contributed by atoms with Crippen molar-refractivity contribution in [3.63, 3.8) is 0 Å². The summed E-state index contributed by atoms with van der Waals surface area (Å²) in [4.78, 5) is 11.4. The average Bonchev–Trinajstić information content (AvgIpc) is 2.54. The van der Waals surface area contributed by atoms with Crippen LogP contribution in [0.4, 0.5) is 0 Å². The lowest BCUT2D eigenvalue weighted by atomic mass is 9.74. The lowest BCUT2D eigenvalue weighted by Gasteiger charge is -2.33. The van der Waals surface area contributed by atoms with Gasteiger partial charge in [0.25, 0.3) is 0 Å². The molecule has 0 bridgehead atoms. The van der Waals surface area contributed by atoms with Crippen LogP contribution in [0.5, 0.6) is 0 Å². The van der Waals surface area contributed by atoms with Crippen molar-refractivity contribution in [3.05, 3.63) is 24.3 Å². The molecule has 0 aromatic carbocycles. The molecule has 0 aliphatic heterocycles. The van der Waals surface area contributed by atoms with Crippen LogP contribution in [0.15, 0.2) is 24.3 Å². The van der Waals surface area contributed by atoms with E-state index in [1.807, 2.05) is 6.92 Å². The van der Waals surface area contributed by atoms with Crippen molar-refractivity contribution in [3.8, 4) is 0 Å². The first-order valence-electron chi connectivity index (χ1n) is 8.91. The van der Waals surface area contributed by atoms with Gasteiger partial charge in [0.1, 0.15) is 0 Å². The maximum atomic E-state index is 11.4. The molecule has 0 aromatic heterocycles. The quantitative estimate of drug-likeness (QED) is 0.726. The largest absolute Gasteiger partial charge is 0.466 e. The Morgan fingerprint density at radius 1 is 1.27 bits per heavy atom. The Labute approximate surface area is 135 Å². The molecule has 0 heterocycles. The predicted molar refractivity (Wildman–Crippen MR) is 90.5 cm³/mol. The lowest BCUT2D eigenvalue weighted by molar-refractivity contribution is -0.143. The Morgan fingerprint density at radius 3 is 2.68 bits per heavy atom. The molecular formula is C19H31NO2. The molecule has 0 saturated heterocycles. The van der Waals surface area contributed by atoms with Gasteiger partial charge >= 0.3 is 5.97 Å². The smallest absolute Gasteiger partial charge is 0.307 e. The normalized spacial score (nSPS) is 29.3. The number of carbonyl (C=O) groups excluding carboxylic acids is 1. The third kappa shape index (κ3) is 5.60. The second-order valence-electron chi connectivity index (χ2n) is 6.81. The van der Waals surface area contributed by atoms with Gasteiger partial charge in [0.2, 0.25) is 0 Å². The van der Waals surface area contributed by atoms with Gasteiger partial charge < -0.3 is 10.1 Å². The molecule has 0 aromatic rings. The third-order valence-electron chi connectivity index (χ3n) is 5.04. The minimum atomic E-state index is -0.0941. The summed E-state index contributed by atoms with van der Waals surface area (Å²) in [5.74, 6) is 2.31. The summed E-state index contributed by atoms with van der Waals surface area (Å²) in [6.07, 6.45) is 16.1. The highest BCUT2D eigenvalue weighted by Crippen LogP contribution is 2.36. The second-order valence-corrected chi connectivity index (χ2v) is 6.81. The van der Waals surface area contributed by atoms with Crippen molar-refractivity contribution in [1.29, 1.82) is 0 Å². The number of nitrogens with one attached hydrogen (secondary N) is 1. The molecule has 3 nitrogen and oxygen atoms in total. The van der Waals surface area contributed by atoms with Crippen molar-refractivity contribution in [2.75, 3.05) is 13.2 Å². The molecule has 2 aliphatic rings. The van der Waals surface area contributed by atoms with Crippen molar-refractivity contribution in [2.24, 2.45) is 17.8 Å². The highest BCUT2D eigenvalue weighted by molar-refractivity contribution is 5.69. The topological polar surface area (TPSA) is 38.3 Å². The van der Waals surface area contributed by atoms with Gasteiger partial charge in [-0.1, -0.05) is 24.3 Å². The lowest BCUT2D eigenvalue weighted by Crippen LogP contribution is -2.35. The molecule has 1 N–H and O–H groups in total. The molecule has 1 saturated carbocycles. The number of hydrogen-bond donors (Lipinski definition) is 1. The number of allylic oxidation sites excluding steroid dienone is 4. The van der Waals surface area contributed by atoms with E-state index in [1.165, 1.54) is 32.1 Å². The molecule has 22 heavy (non-hydrogen) atoms. The van der Waals surface area contributed by atoms with Crippen LogP contribution >= 0.6 is 0 Å². The third-order valence-corrected chi connectivity index (χ3v) is 5.04. The first kappa shape index (κ1) is 17.3. The zero-order valence-corrected chi connectivity index (χ0v) is 14.1. The zero-order valence-electron chi connectivity index (χ0n) is 14.1.